The second-order valence-electron chi connectivity index (χ2n) is 7.91. The van der Waals surface area contributed by atoms with E-state index in [9.17, 15) is 9.18 Å². The van der Waals surface area contributed by atoms with E-state index >= 15 is 0 Å². The molecule has 1 aliphatic rings. The number of amides is 1. The van der Waals surface area contributed by atoms with Crippen molar-refractivity contribution in [3.8, 4) is 0 Å². The smallest absolute Gasteiger partial charge is 0.230 e. The van der Waals surface area contributed by atoms with E-state index in [4.69, 9.17) is 4.42 Å². The molecule has 1 fully saturated rings. The SMILES string of the molecule is CC(C)C(NC(=O)CSc1nnc(C2CC2)n1Cc1ccco1)c1ccc(F)cc1. The van der Waals surface area contributed by atoms with E-state index in [0.29, 0.717) is 17.6 Å². The Balaban J connectivity index is 1.42. The maximum Gasteiger partial charge on any atom is 0.230 e. The van der Waals surface area contributed by atoms with Crippen LogP contribution in [0.4, 0.5) is 4.39 Å². The number of benzene rings is 1. The van der Waals surface area contributed by atoms with Gasteiger partial charge in [-0.2, -0.15) is 0 Å². The van der Waals surface area contributed by atoms with Crippen LogP contribution in [0.3, 0.4) is 0 Å². The molecular weight excluding hydrogens is 403 g/mol. The van der Waals surface area contributed by atoms with Gasteiger partial charge in [0.25, 0.3) is 0 Å². The second-order valence-corrected chi connectivity index (χ2v) is 8.85. The molecule has 0 saturated heterocycles. The van der Waals surface area contributed by atoms with Crippen molar-refractivity contribution in [1.29, 1.82) is 0 Å². The van der Waals surface area contributed by atoms with Crippen LogP contribution in [-0.4, -0.2) is 26.4 Å². The van der Waals surface area contributed by atoms with Crippen molar-refractivity contribution in [1.82, 2.24) is 20.1 Å². The zero-order chi connectivity index (χ0) is 21.1. The predicted molar refractivity (Wildman–Crippen MR) is 113 cm³/mol. The first-order valence-electron chi connectivity index (χ1n) is 10.1. The maximum atomic E-state index is 13.2. The molecule has 1 N–H and O–H groups in total. The van der Waals surface area contributed by atoms with Crippen LogP contribution in [0.15, 0.2) is 52.2 Å². The Kier molecular flexibility index (Phi) is 6.22. The fraction of sp³-hybridized carbons (Fsp3) is 0.409. The minimum Gasteiger partial charge on any atom is -0.467 e. The normalized spacial score (nSPS) is 14.8. The van der Waals surface area contributed by atoms with Crippen molar-refractivity contribution >= 4 is 17.7 Å². The number of hydrogen-bond donors (Lipinski definition) is 1. The lowest BCUT2D eigenvalue weighted by Crippen LogP contribution is -2.33. The molecule has 0 aliphatic heterocycles. The summed E-state index contributed by atoms with van der Waals surface area (Å²) in [6, 6.07) is 9.88. The predicted octanol–water partition coefficient (Wildman–Crippen LogP) is 4.54. The molecule has 3 aromatic rings. The summed E-state index contributed by atoms with van der Waals surface area (Å²) < 4.78 is 20.8. The van der Waals surface area contributed by atoms with Gasteiger partial charge in [0.05, 0.1) is 24.6 Å². The fourth-order valence-corrected chi connectivity index (χ4v) is 4.16. The molecule has 1 atom stereocenters. The van der Waals surface area contributed by atoms with Crippen molar-refractivity contribution in [2.75, 3.05) is 5.75 Å². The van der Waals surface area contributed by atoms with Gasteiger partial charge in [-0.25, -0.2) is 4.39 Å². The average Bonchev–Trinajstić information content (AvgIpc) is 3.29. The van der Waals surface area contributed by atoms with Crippen LogP contribution in [0.2, 0.25) is 0 Å². The highest BCUT2D eigenvalue weighted by Crippen LogP contribution is 2.40. The van der Waals surface area contributed by atoms with Crippen LogP contribution in [-0.2, 0) is 11.3 Å². The molecule has 4 rings (SSSR count). The molecule has 2 aromatic heterocycles. The van der Waals surface area contributed by atoms with Crippen LogP contribution < -0.4 is 5.32 Å². The Hall–Kier alpha value is -2.61. The van der Waals surface area contributed by atoms with Crippen LogP contribution in [0.25, 0.3) is 0 Å². The van der Waals surface area contributed by atoms with E-state index < -0.39 is 0 Å². The number of furan rings is 1. The third-order valence-corrected chi connectivity index (χ3v) is 6.09. The largest absolute Gasteiger partial charge is 0.467 e. The lowest BCUT2D eigenvalue weighted by atomic mass is 9.96. The van der Waals surface area contributed by atoms with Gasteiger partial charge in [-0.3, -0.25) is 9.36 Å². The van der Waals surface area contributed by atoms with E-state index in [1.807, 2.05) is 30.5 Å². The Morgan fingerprint density at radius 1 is 1.27 bits per heavy atom. The third kappa shape index (κ3) is 4.92. The maximum absolute atomic E-state index is 13.2. The Morgan fingerprint density at radius 3 is 2.67 bits per heavy atom. The van der Waals surface area contributed by atoms with Crippen molar-refractivity contribution in [3.05, 3.63) is 65.6 Å². The van der Waals surface area contributed by atoms with E-state index in [0.717, 1.165) is 30.0 Å². The van der Waals surface area contributed by atoms with Crippen LogP contribution in [0, 0.1) is 11.7 Å². The summed E-state index contributed by atoms with van der Waals surface area (Å²) in [6.07, 6.45) is 3.89. The molecule has 1 unspecified atom stereocenters. The van der Waals surface area contributed by atoms with Gasteiger partial charge < -0.3 is 9.73 Å². The summed E-state index contributed by atoms with van der Waals surface area (Å²) in [5.74, 6) is 2.26. The number of halogens is 1. The first kappa shape index (κ1) is 20.7. The zero-order valence-corrected chi connectivity index (χ0v) is 17.9. The van der Waals surface area contributed by atoms with Gasteiger partial charge >= 0.3 is 0 Å². The number of thioether (sulfide) groups is 1. The van der Waals surface area contributed by atoms with Crippen LogP contribution >= 0.6 is 11.8 Å². The first-order chi connectivity index (χ1) is 14.5. The van der Waals surface area contributed by atoms with Gasteiger partial charge in [0, 0.05) is 5.92 Å². The van der Waals surface area contributed by atoms with E-state index in [1.165, 1.54) is 23.9 Å². The minimum absolute atomic E-state index is 0.0939. The fourth-order valence-electron chi connectivity index (χ4n) is 3.41. The highest BCUT2D eigenvalue weighted by Gasteiger charge is 2.31. The van der Waals surface area contributed by atoms with Crippen molar-refractivity contribution < 1.29 is 13.6 Å². The number of hydrogen-bond acceptors (Lipinski definition) is 5. The van der Waals surface area contributed by atoms with E-state index in [2.05, 4.69) is 15.5 Å². The monoisotopic (exact) mass is 428 g/mol. The van der Waals surface area contributed by atoms with Crippen molar-refractivity contribution in [2.45, 2.75) is 50.4 Å². The van der Waals surface area contributed by atoms with E-state index in [1.54, 1.807) is 18.4 Å². The van der Waals surface area contributed by atoms with Gasteiger partial charge in [0.15, 0.2) is 5.16 Å². The molecule has 30 heavy (non-hydrogen) atoms. The molecule has 158 valence electrons. The van der Waals surface area contributed by atoms with Crippen molar-refractivity contribution in [3.63, 3.8) is 0 Å². The molecule has 8 heteroatoms. The lowest BCUT2D eigenvalue weighted by molar-refractivity contribution is -0.119. The standard InChI is InChI=1S/C22H25FN4O2S/c1-14(2)20(15-7-9-17(23)10-8-15)24-19(28)13-30-22-26-25-21(16-5-6-16)27(22)12-18-4-3-11-29-18/h3-4,7-11,14,16,20H,5-6,12-13H2,1-2H3,(H,24,28). The van der Waals surface area contributed by atoms with Gasteiger partial charge in [-0.15, -0.1) is 10.2 Å². The molecule has 1 amide bonds. The Morgan fingerprint density at radius 2 is 2.03 bits per heavy atom. The summed E-state index contributed by atoms with van der Waals surface area (Å²) >= 11 is 1.37. The number of rotatable bonds is 9. The summed E-state index contributed by atoms with van der Waals surface area (Å²) in [4.78, 5) is 12.7. The molecule has 6 nitrogen and oxygen atoms in total. The molecule has 1 saturated carbocycles. The quantitative estimate of drug-likeness (QED) is 0.507. The number of carbonyl (C=O) groups excluding carboxylic acids is 1. The summed E-state index contributed by atoms with van der Waals surface area (Å²) in [5, 5.41) is 12.5. The van der Waals surface area contributed by atoms with Crippen LogP contribution in [0.1, 0.15) is 55.8 Å². The summed E-state index contributed by atoms with van der Waals surface area (Å²) in [7, 11) is 0. The Bertz CT molecular complexity index is 981. The van der Waals surface area contributed by atoms with E-state index in [-0.39, 0.29) is 29.4 Å². The van der Waals surface area contributed by atoms with Crippen LogP contribution in [0.5, 0.6) is 0 Å². The molecule has 0 bridgehead atoms. The summed E-state index contributed by atoms with van der Waals surface area (Å²) in [6.45, 7) is 4.62. The molecule has 1 aromatic carbocycles. The lowest BCUT2D eigenvalue weighted by Gasteiger charge is -2.23. The molecule has 0 spiro atoms. The number of carbonyl (C=O) groups is 1. The molecule has 0 radical (unpaired) electrons. The second kappa shape index (κ2) is 9.04. The van der Waals surface area contributed by atoms with Gasteiger partial charge in [-0.1, -0.05) is 37.7 Å². The van der Waals surface area contributed by atoms with Gasteiger partial charge in [0.1, 0.15) is 17.4 Å². The molecule has 1 aliphatic carbocycles. The zero-order valence-electron chi connectivity index (χ0n) is 17.0. The summed E-state index contributed by atoms with van der Waals surface area (Å²) in [5.41, 5.74) is 0.891. The topological polar surface area (TPSA) is 73.0 Å². The highest BCUT2D eigenvalue weighted by molar-refractivity contribution is 7.99. The molecule has 2 heterocycles. The highest BCUT2D eigenvalue weighted by atomic mass is 32.2. The Labute approximate surface area is 179 Å². The number of nitrogens with zero attached hydrogens (tertiary/aromatic N) is 3. The minimum atomic E-state index is -0.287. The number of nitrogens with one attached hydrogen (secondary N) is 1. The first-order valence-corrected chi connectivity index (χ1v) is 11.1. The van der Waals surface area contributed by atoms with Gasteiger partial charge in [0.2, 0.25) is 5.91 Å². The molecular formula is C22H25FN4O2S. The number of aromatic nitrogens is 3. The van der Waals surface area contributed by atoms with Crippen molar-refractivity contribution in [2.24, 2.45) is 5.92 Å². The van der Waals surface area contributed by atoms with Gasteiger partial charge in [-0.05, 0) is 48.6 Å². The average molecular weight is 429 g/mol. The third-order valence-electron chi connectivity index (χ3n) is 5.13.